The van der Waals surface area contributed by atoms with Gasteiger partial charge in [0.1, 0.15) is 11.5 Å². The second-order valence-corrected chi connectivity index (χ2v) is 5.87. The Hall–Kier alpha value is -3.35. The number of methoxy groups -OCH3 is 2. The van der Waals surface area contributed by atoms with Crippen LogP contribution in [0.15, 0.2) is 53.1 Å². The van der Waals surface area contributed by atoms with Crippen molar-refractivity contribution in [3.8, 4) is 22.9 Å². The number of carbonyl (C=O) groups excluding carboxylic acids is 1. The van der Waals surface area contributed by atoms with Gasteiger partial charge in [-0.2, -0.15) is 4.98 Å². The zero-order valence-electron chi connectivity index (χ0n) is 15.3. The molecule has 0 fully saturated rings. The number of nitrogens with one attached hydrogen (secondary N) is 1. The average Bonchev–Trinajstić information content (AvgIpc) is 3.17. The summed E-state index contributed by atoms with van der Waals surface area (Å²) < 4.78 is 15.6. The van der Waals surface area contributed by atoms with Gasteiger partial charge in [-0.25, -0.2) is 0 Å². The van der Waals surface area contributed by atoms with E-state index in [0.29, 0.717) is 31.1 Å². The highest BCUT2D eigenvalue weighted by molar-refractivity contribution is 5.78. The number of aromatic nitrogens is 2. The van der Waals surface area contributed by atoms with E-state index in [1.807, 2.05) is 48.5 Å². The Morgan fingerprint density at radius 2 is 1.85 bits per heavy atom. The molecule has 3 aromatic rings. The number of benzene rings is 2. The van der Waals surface area contributed by atoms with Crippen molar-refractivity contribution in [1.82, 2.24) is 15.5 Å². The summed E-state index contributed by atoms with van der Waals surface area (Å²) in [4.78, 5) is 16.4. The highest BCUT2D eigenvalue weighted by Crippen LogP contribution is 2.21. The number of hydrogen-bond donors (Lipinski definition) is 1. The van der Waals surface area contributed by atoms with Gasteiger partial charge < -0.3 is 19.3 Å². The first-order valence-corrected chi connectivity index (χ1v) is 8.54. The highest BCUT2D eigenvalue weighted by Gasteiger charge is 2.10. The number of carbonyl (C=O) groups is 1. The Labute approximate surface area is 157 Å². The second kappa shape index (κ2) is 8.84. The van der Waals surface area contributed by atoms with E-state index in [0.717, 1.165) is 22.6 Å². The number of hydrogen-bond acceptors (Lipinski definition) is 6. The van der Waals surface area contributed by atoms with Crippen molar-refractivity contribution in [2.45, 2.75) is 12.8 Å². The van der Waals surface area contributed by atoms with Crippen LogP contribution in [0.3, 0.4) is 0 Å². The Kier molecular flexibility index (Phi) is 6.04. The Bertz CT molecular complexity index is 890. The van der Waals surface area contributed by atoms with Gasteiger partial charge in [-0.05, 0) is 29.8 Å². The largest absolute Gasteiger partial charge is 0.497 e. The van der Waals surface area contributed by atoms with Crippen LogP contribution >= 0.6 is 0 Å². The summed E-state index contributed by atoms with van der Waals surface area (Å²) in [5.74, 6) is 2.39. The van der Waals surface area contributed by atoms with Crippen LogP contribution in [0, 0.1) is 0 Å². The molecular formula is C20H21N3O4. The second-order valence-electron chi connectivity index (χ2n) is 5.87. The van der Waals surface area contributed by atoms with Gasteiger partial charge in [-0.1, -0.05) is 29.4 Å². The van der Waals surface area contributed by atoms with Gasteiger partial charge in [-0.3, -0.25) is 4.79 Å². The van der Waals surface area contributed by atoms with Crippen LogP contribution < -0.4 is 14.8 Å². The molecule has 1 heterocycles. The Morgan fingerprint density at radius 3 is 2.59 bits per heavy atom. The van der Waals surface area contributed by atoms with E-state index in [9.17, 15) is 4.79 Å². The quantitative estimate of drug-likeness (QED) is 0.659. The molecule has 0 spiro atoms. The lowest BCUT2D eigenvalue weighted by Gasteiger charge is -2.05. The fourth-order valence-electron chi connectivity index (χ4n) is 2.54. The van der Waals surface area contributed by atoms with E-state index in [1.54, 1.807) is 14.2 Å². The first kappa shape index (κ1) is 18.4. The summed E-state index contributed by atoms with van der Waals surface area (Å²) in [5.41, 5.74) is 1.74. The normalized spacial score (nSPS) is 10.4. The SMILES string of the molecule is COc1ccc(CC(=O)NCCc2nc(-c3cccc(OC)c3)no2)cc1. The Morgan fingerprint density at radius 1 is 1.07 bits per heavy atom. The third-order valence-electron chi connectivity index (χ3n) is 3.98. The molecule has 0 unspecified atom stereocenters. The Balaban J connectivity index is 1.48. The van der Waals surface area contributed by atoms with Gasteiger partial charge in [0.25, 0.3) is 0 Å². The van der Waals surface area contributed by atoms with Crippen molar-refractivity contribution in [2.75, 3.05) is 20.8 Å². The van der Waals surface area contributed by atoms with Crippen LogP contribution in [-0.2, 0) is 17.6 Å². The van der Waals surface area contributed by atoms with Crippen molar-refractivity contribution in [3.63, 3.8) is 0 Å². The van der Waals surface area contributed by atoms with Crippen molar-refractivity contribution in [1.29, 1.82) is 0 Å². The zero-order valence-corrected chi connectivity index (χ0v) is 15.3. The van der Waals surface area contributed by atoms with Crippen molar-refractivity contribution in [3.05, 3.63) is 60.0 Å². The van der Waals surface area contributed by atoms with Crippen LogP contribution in [0.25, 0.3) is 11.4 Å². The minimum Gasteiger partial charge on any atom is -0.497 e. The molecule has 0 aliphatic carbocycles. The summed E-state index contributed by atoms with van der Waals surface area (Å²) in [6.07, 6.45) is 0.772. The number of ether oxygens (including phenoxy) is 2. The average molecular weight is 367 g/mol. The first-order valence-electron chi connectivity index (χ1n) is 8.54. The molecule has 1 amide bonds. The molecule has 7 heteroatoms. The lowest BCUT2D eigenvalue weighted by molar-refractivity contribution is -0.120. The van der Waals surface area contributed by atoms with Gasteiger partial charge in [0.15, 0.2) is 0 Å². The van der Waals surface area contributed by atoms with Crippen LogP contribution in [0.2, 0.25) is 0 Å². The third kappa shape index (κ3) is 5.07. The van der Waals surface area contributed by atoms with E-state index in [4.69, 9.17) is 14.0 Å². The van der Waals surface area contributed by atoms with E-state index in [1.165, 1.54) is 0 Å². The predicted octanol–water partition coefficient (Wildman–Crippen LogP) is 2.66. The van der Waals surface area contributed by atoms with Gasteiger partial charge in [0.2, 0.25) is 17.6 Å². The molecule has 140 valence electrons. The summed E-state index contributed by atoms with van der Waals surface area (Å²) in [5, 5.41) is 6.83. The highest BCUT2D eigenvalue weighted by atomic mass is 16.5. The lowest BCUT2D eigenvalue weighted by atomic mass is 10.1. The lowest BCUT2D eigenvalue weighted by Crippen LogP contribution is -2.27. The van der Waals surface area contributed by atoms with Crippen LogP contribution in [0.5, 0.6) is 11.5 Å². The molecule has 2 aromatic carbocycles. The maximum Gasteiger partial charge on any atom is 0.228 e. The summed E-state index contributed by atoms with van der Waals surface area (Å²) >= 11 is 0. The topological polar surface area (TPSA) is 86.5 Å². The molecular weight excluding hydrogens is 346 g/mol. The first-order chi connectivity index (χ1) is 13.2. The molecule has 3 rings (SSSR count). The van der Waals surface area contributed by atoms with E-state index >= 15 is 0 Å². The van der Waals surface area contributed by atoms with E-state index in [2.05, 4.69) is 15.5 Å². The molecule has 0 bridgehead atoms. The molecule has 0 radical (unpaired) electrons. The minimum absolute atomic E-state index is 0.0623. The predicted molar refractivity (Wildman–Crippen MR) is 99.7 cm³/mol. The molecule has 27 heavy (non-hydrogen) atoms. The maximum atomic E-state index is 12.0. The molecule has 0 saturated carbocycles. The fraction of sp³-hybridized carbons (Fsp3) is 0.250. The summed E-state index contributed by atoms with van der Waals surface area (Å²) in [6.45, 7) is 0.425. The minimum atomic E-state index is -0.0623. The number of nitrogens with zero attached hydrogens (tertiary/aromatic N) is 2. The maximum absolute atomic E-state index is 12.0. The van der Waals surface area contributed by atoms with Gasteiger partial charge >= 0.3 is 0 Å². The van der Waals surface area contributed by atoms with E-state index < -0.39 is 0 Å². The summed E-state index contributed by atoms with van der Waals surface area (Å²) in [7, 11) is 3.22. The van der Waals surface area contributed by atoms with Crippen LogP contribution in [0.1, 0.15) is 11.5 Å². The molecule has 0 saturated heterocycles. The van der Waals surface area contributed by atoms with E-state index in [-0.39, 0.29) is 5.91 Å². The molecule has 0 atom stereocenters. The third-order valence-corrected chi connectivity index (χ3v) is 3.98. The van der Waals surface area contributed by atoms with Gasteiger partial charge in [0.05, 0.1) is 20.6 Å². The monoisotopic (exact) mass is 367 g/mol. The summed E-state index contributed by atoms with van der Waals surface area (Å²) in [6, 6.07) is 14.8. The molecule has 0 aliphatic rings. The number of rotatable bonds is 8. The van der Waals surface area contributed by atoms with Gasteiger partial charge in [-0.15, -0.1) is 0 Å². The standard InChI is InChI=1S/C20H21N3O4/c1-25-16-8-6-14(7-9-16)12-18(24)21-11-10-19-22-20(23-27-19)15-4-3-5-17(13-15)26-2/h3-9,13H,10-12H2,1-2H3,(H,21,24). The molecule has 0 aliphatic heterocycles. The molecule has 7 nitrogen and oxygen atoms in total. The molecule has 1 aromatic heterocycles. The smallest absolute Gasteiger partial charge is 0.228 e. The van der Waals surface area contributed by atoms with Crippen molar-refractivity contribution in [2.24, 2.45) is 0 Å². The zero-order chi connectivity index (χ0) is 19.1. The van der Waals surface area contributed by atoms with Crippen LogP contribution in [-0.4, -0.2) is 36.8 Å². The molecule has 1 N–H and O–H groups in total. The van der Waals surface area contributed by atoms with Crippen molar-refractivity contribution >= 4 is 5.91 Å². The number of amides is 1. The fourth-order valence-corrected chi connectivity index (χ4v) is 2.54. The van der Waals surface area contributed by atoms with Crippen molar-refractivity contribution < 1.29 is 18.8 Å². The van der Waals surface area contributed by atoms with Crippen LogP contribution in [0.4, 0.5) is 0 Å². The van der Waals surface area contributed by atoms with Gasteiger partial charge in [0, 0.05) is 18.5 Å².